The van der Waals surface area contributed by atoms with E-state index in [4.69, 9.17) is 5.26 Å². The van der Waals surface area contributed by atoms with E-state index in [2.05, 4.69) is 42.2 Å². The van der Waals surface area contributed by atoms with Crippen LogP contribution in [0.4, 0.5) is 5.69 Å². The number of hydrogen-bond donors (Lipinski definition) is 1. The highest BCUT2D eigenvalue weighted by molar-refractivity contribution is 9.11. The Labute approximate surface area is 109 Å². The monoisotopic (exact) mass is 347 g/mol. The first-order chi connectivity index (χ1) is 7.17. The van der Waals surface area contributed by atoms with Gasteiger partial charge in [0.2, 0.25) is 0 Å². The van der Waals surface area contributed by atoms with Crippen molar-refractivity contribution in [2.45, 2.75) is 0 Å². The van der Waals surface area contributed by atoms with Crippen LogP contribution >= 0.6 is 43.6 Å². The van der Waals surface area contributed by atoms with E-state index < -0.39 is 0 Å². The van der Waals surface area contributed by atoms with Crippen molar-refractivity contribution in [1.82, 2.24) is 5.32 Å². The largest absolute Gasteiger partial charge is 0.271 e. The highest BCUT2D eigenvalue weighted by atomic mass is 79.9. The topological polar surface area (TPSA) is 48.2 Å². The Bertz CT molecular complexity index is 426. The van der Waals surface area contributed by atoms with Crippen molar-refractivity contribution in [3.63, 3.8) is 0 Å². The third kappa shape index (κ3) is 3.86. The fraction of sp³-hybridized carbons (Fsp3) is 0.111. The van der Waals surface area contributed by atoms with Gasteiger partial charge >= 0.3 is 0 Å². The third-order valence-electron chi connectivity index (χ3n) is 1.49. The van der Waals surface area contributed by atoms with E-state index in [9.17, 15) is 0 Å². The quantitative estimate of drug-likeness (QED) is 0.365. The molecule has 3 nitrogen and oxygen atoms in total. The van der Waals surface area contributed by atoms with Gasteiger partial charge in [-0.2, -0.15) is 5.26 Å². The van der Waals surface area contributed by atoms with Crippen LogP contribution in [0.1, 0.15) is 0 Å². The smallest absolute Gasteiger partial charge is 0.183 e. The van der Waals surface area contributed by atoms with E-state index in [-0.39, 0.29) is 0 Å². The Kier molecular flexibility index (Phi) is 5.15. The van der Waals surface area contributed by atoms with Crippen LogP contribution in [-0.2, 0) is 0 Å². The molecule has 15 heavy (non-hydrogen) atoms. The molecule has 78 valence electrons. The molecular weight excluding hydrogens is 342 g/mol. The van der Waals surface area contributed by atoms with Gasteiger partial charge in [0.15, 0.2) is 11.4 Å². The first kappa shape index (κ1) is 12.6. The molecule has 0 spiro atoms. The molecular formula is C9H7Br2N3S. The number of thioether (sulfide) groups is 1. The molecule has 0 amide bonds. The number of nitrogens with zero attached hydrogens (tertiary/aromatic N) is 2. The van der Waals surface area contributed by atoms with Gasteiger partial charge in [-0.25, -0.2) is 4.99 Å². The van der Waals surface area contributed by atoms with Gasteiger partial charge in [-0.15, -0.1) is 0 Å². The Morgan fingerprint density at radius 3 is 2.87 bits per heavy atom. The van der Waals surface area contributed by atoms with Crippen LogP contribution in [0.3, 0.4) is 0 Å². The highest BCUT2D eigenvalue weighted by Crippen LogP contribution is 2.29. The van der Waals surface area contributed by atoms with Gasteiger partial charge in [-0.1, -0.05) is 27.7 Å². The summed E-state index contributed by atoms with van der Waals surface area (Å²) in [5.41, 5.74) is 0.775. The Hall–Kier alpha value is -0.510. The summed E-state index contributed by atoms with van der Waals surface area (Å²) in [4.78, 5) is 4.30. The average Bonchev–Trinajstić information content (AvgIpc) is 2.22. The number of benzene rings is 1. The van der Waals surface area contributed by atoms with E-state index in [1.165, 1.54) is 11.8 Å². The van der Waals surface area contributed by atoms with Crippen LogP contribution in [0.2, 0.25) is 0 Å². The summed E-state index contributed by atoms with van der Waals surface area (Å²) in [6, 6.07) is 5.69. The van der Waals surface area contributed by atoms with Crippen molar-refractivity contribution in [2.24, 2.45) is 4.99 Å². The number of hydrogen-bond acceptors (Lipinski definition) is 3. The predicted octanol–water partition coefficient (Wildman–Crippen LogP) is 3.63. The lowest BCUT2D eigenvalue weighted by Gasteiger charge is -2.02. The molecule has 1 N–H and O–H groups in total. The molecule has 1 aromatic carbocycles. The van der Waals surface area contributed by atoms with Gasteiger partial charge in [0.25, 0.3) is 0 Å². The summed E-state index contributed by atoms with van der Waals surface area (Å²) in [5.74, 6) is 0. The molecule has 0 aliphatic carbocycles. The molecule has 0 aromatic heterocycles. The van der Waals surface area contributed by atoms with Gasteiger partial charge in [-0.05, 0) is 40.4 Å². The summed E-state index contributed by atoms with van der Waals surface area (Å²) in [6.45, 7) is 0. The molecule has 1 aromatic rings. The van der Waals surface area contributed by atoms with Gasteiger partial charge < -0.3 is 0 Å². The normalized spacial score (nSPS) is 10.9. The Balaban J connectivity index is 3.05. The minimum atomic E-state index is 0.566. The molecule has 0 aliphatic heterocycles. The molecule has 0 heterocycles. The van der Waals surface area contributed by atoms with Crippen molar-refractivity contribution in [3.05, 3.63) is 27.1 Å². The summed E-state index contributed by atoms with van der Waals surface area (Å²) < 4.78 is 1.83. The van der Waals surface area contributed by atoms with E-state index in [1.807, 2.05) is 30.6 Å². The van der Waals surface area contributed by atoms with E-state index >= 15 is 0 Å². The van der Waals surface area contributed by atoms with Crippen LogP contribution in [0.15, 0.2) is 32.1 Å². The standard InChI is InChI=1S/C9H7Br2N3S/c1-15-9(13-5-12)14-8-4-6(10)2-3-7(8)11/h2-4H,1H3,(H,13,14). The van der Waals surface area contributed by atoms with Crippen molar-refractivity contribution in [2.75, 3.05) is 6.26 Å². The van der Waals surface area contributed by atoms with Crippen molar-refractivity contribution in [1.29, 1.82) is 5.26 Å². The summed E-state index contributed by atoms with van der Waals surface area (Å²) in [7, 11) is 0. The van der Waals surface area contributed by atoms with Crippen LogP contribution in [-0.4, -0.2) is 11.4 Å². The number of aliphatic imine (C=N–C) groups is 1. The lowest BCUT2D eigenvalue weighted by Crippen LogP contribution is -2.12. The number of rotatable bonds is 1. The maximum absolute atomic E-state index is 8.49. The Morgan fingerprint density at radius 1 is 1.53 bits per heavy atom. The van der Waals surface area contributed by atoms with E-state index in [0.717, 1.165) is 14.6 Å². The number of halogens is 2. The van der Waals surface area contributed by atoms with E-state index in [0.29, 0.717) is 5.17 Å². The average molecular weight is 349 g/mol. The molecule has 0 radical (unpaired) electrons. The maximum atomic E-state index is 8.49. The van der Waals surface area contributed by atoms with Crippen LogP contribution in [0, 0.1) is 11.5 Å². The zero-order chi connectivity index (χ0) is 11.3. The lowest BCUT2D eigenvalue weighted by molar-refractivity contribution is 1.28. The third-order valence-corrected chi connectivity index (χ3v) is 3.23. The van der Waals surface area contributed by atoms with Gasteiger partial charge in [0.1, 0.15) is 0 Å². The number of nitriles is 1. The van der Waals surface area contributed by atoms with Crippen molar-refractivity contribution < 1.29 is 0 Å². The summed E-state index contributed by atoms with van der Waals surface area (Å²) >= 11 is 8.14. The van der Waals surface area contributed by atoms with Crippen molar-refractivity contribution >= 4 is 54.5 Å². The van der Waals surface area contributed by atoms with Gasteiger partial charge in [0, 0.05) is 8.95 Å². The second kappa shape index (κ2) is 6.16. The molecule has 1 rings (SSSR count). The van der Waals surface area contributed by atoms with Crippen LogP contribution in [0.5, 0.6) is 0 Å². The number of nitrogens with one attached hydrogen (secondary N) is 1. The first-order valence-electron chi connectivity index (χ1n) is 3.90. The van der Waals surface area contributed by atoms with Crippen LogP contribution < -0.4 is 5.32 Å². The Morgan fingerprint density at radius 2 is 2.27 bits per heavy atom. The molecule has 0 aliphatic rings. The van der Waals surface area contributed by atoms with Crippen LogP contribution in [0.25, 0.3) is 0 Å². The zero-order valence-corrected chi connectivity index (χ0v) is 11.8. The fourth-order valence-corrected chi connectivity index (χ4v) is 1.87. The van der Waals surface area contributed by atoms with Gasteiger partial charge in [0.05, 0.1) is 5.69 Å². The summed E-state index contributed by atoms with van der Waals surface area (Å²) in [5, 5.41) is 11.6. The minimum Gasteiger partial charge on any atom is -0.271 e. The molecule has 0 atom stereocenters. The zero-order valence-electron chi connectivity index (χ0n) is 7.79. The molecule has 0 fully saturated rings. The molecule has 0 unspecified atom stereocenters. The maximum Gasteiger partial charge on any atom is 0.183 e. The second-order valence-electron chi connectivity index (χ2n) is 2.45. The van der Waals surface area contributed by atoms with E-state index in [1.54, 1.807) is 0 Å². The van der Waals surface area contributed by atoms with Gasteiger partial charge in [-0.3, -0.25) is 5.32 Å². The molecule has 6 heteroatoms. The SMILES string of the molecule is CSC(=Nc1cc(Br)ccc1Br)NC#N. The minimum absolute atomic E-state index is 0.566. The molecule has 0 saturated heterocycles. The second-order valence-corrected chi connectivity index (χ2v) is 5.02. The predicted molar refractivity (Wildman–Crippen MR) is 71.2 cm³/mol. The summed E-state index contributed by atoms with van der Waals surface area (Å²) in [6.07, 6.45) is 3.70. The lowest BCUT2D eigenvalue weighted by atomic mass is 10.3. The molecule has 0 bridgehead atoms. The van der Waals surface area contributed by atoms with Crippen molar-refractivity contribution in [3.8, 4) is 6.19 Å². The number of amidine groups is 1. The first-order valence-corrected chi connectivity index (χ1v) is 6.71. The fourth-order valence-electron chi connectivity index (χ4n) is 0.853. The highest BCUT2D eigenvalue weighted by Gasteiger charge is 2.01. The molecule has 0 saturated carbocycles.